The van der Waals surface area contributed by atoms with Crippen molar-refractivity contribution in [2.75, 3.05) is 26.9 Å². The van der Waals surface area contributed by atoms with Crippen LogP contribution in [-0.4, -0.2) is 53.0 Å². The summed E-state index contributed by atoms with van der Waals surface area (Å²) >= 11 is 0. The Morgan fingerprint density at radius 1 is 1.44 bits per heavy atom. The van der Waals surface area contributed by atoms with E-state index in [4.69, 9.17) is 14.6 Å². The molecule has 7 nitrogen and oxygen atoms in total. The standard InChI is InChI=1S/C11H19N3O4/c1-17-7-8-18-6-2-5-14-9-10(12-13-14)3-4-11(15)16/h9H,2-8H2,1H3,(H,15,16). The minimum absolute atomic E-state index is 0.0822. The van der Waals surface area contributed by atoms with E-state index in [-0.39, 0.29) is 6.42 Å². The maximum atomic E-state index is 10.4. The van der Waals surface area contributed by atoms with Crippen LogP contribution >= 0.6 is 0 Å². The van der Waals surface area contributed by atoms with Gasteiger partial charge in [0, 0.05) is 32.9 Å². The number of carboxylic acid groups (broad SMARTS) is 1. The SMILES string of the molecule is COCCOCCCn1cc(CCC(=O)O)nn1. The smallest absolute Gasteiger partial charge is 0.303 e. The molecule has 0 aromatic carbocycles. The second-order valence-corrected chi connectivity index (χ2v) is 3.83. The van der Waals surface area contributed by atoms with E-state index in [0.717, 1.165) is 6.42 Å². The molecule has 0 spiro atoms. The van der Waals surface area contributed by atoms with Crippen molar-refractivity contribution in [3.05, 3.63) is 11.9 Å². The van der Waals surface area contributed by atoms with E-state index in [1.165, 1.54) is 0 Å². The summed E-state index contributed by atoms with van der Waals surface area (Å²) in [5.74, 6) is -0.823. The van der Waals surface area contributed by atoms with Gasteiger partial charge in [-0.15, -0.1) is 5.10 Å². The average molecular weight is 257 g/mol. The summed E-state index contributed by atoms with van der Waals surface area (Å²) in [5, 5.41) is 16.4. The summed E-state index contributed by atoms with van der Waals surface area (Å²) in [7, 11) is 1.64. The topological polar surface area (TPSA) is 86.5 Å². The van der Waals surface area contributed by atoms with Gasteiger partial charge in [0.1, 0.15) is 0 Å². The fraction of sp³-hybridized carbons (Fsp3) is 0.727. The lowest BCUT2D eigenvalue weighted by Gasteiger charge is -2.02. The van der Waals surface area contributed by atoms with Crippen LogP contribution < -0.4 is 0 Å². The van der Waals surface area contributed by atoms with E-state index in [2.05, 4.69) is 10.3 Å². The van der Waals surface area contributed by atoms with E-state index in [0.29, 0.717) is 38.5 Å². The third-order valence-electron chi connectivity index (χ3n) is 2.29. The van der Waals surface area contributed by atoms with Crippen molar-refractivity contribution in [2.45, 2.75) is 25.8 Å². The molecular formula is C11H19N3O4. The van der Waals surface area contributed by atoms with Crippen LogP contribution in [0.25, 0.3) is 0 Å². The Balaban J connectivity index is 2.13. The highest BCUT2D eigenvalue weighted by Gasteiger charge is 2.03. The van der Waals surface area contributed by atoms with Gasteiger partial charge in [0.2, 0.25) is 0 Å². The lowest BCUT2D eigenvalue weighted by molar-refractivity contribution is -0.136. The number of nitrogens with zero attached hydrogens (tertiary/aromatic N) is 3. The number of hydrogen-bond acceptors (Lipinski definition) is 5. The predicted octanol–water partition coefficient (Wildman–Crippen LogP) is 0.348. The van der Waals surface area contributed by atoms with E-state index < -0.39 is 5.97 Å². The van der Waals surface area contributed by atoms with E-state index in [1.807, 2.05) is 0 Å². The van der Waals surface area contributed by atoms with E-state index in [1.54, 1.807) is 18.0 Å². The van der Waals surface area contributed by atoms with Gasteiger partial charge in [0.25, 0.3) is 0 Å². The first kappa shape index (κ1) is 14.6. The molecule has 1 aromatic rings. The van der Waals surface area contributed by atoms with Crippen molar-refractivity contribution in [1.82, 2.24) is 15.0 Å². The highest BCUT2D eigenvalue weighted by atomic mass is 16.5. The third-order valence-corrected chi connectivity index (χ3v) is 2.29. The Bertz CT molecular complexity index is 354. The fourth-order valence-electron chi connectivity index (χ4n) is 1.37. The van der Waals surface area contributed by atoms with Gasteiger partial charge >= 0.3 is 5.97 Å². The van der Waals surface area contributed by atoms with Crippen molar-refractivity contribution >= 4 is 5.97 Å². The van der Waals surface area contributed by atoms with Gasteiger partial charge in [-0.25, -0.2) is 0 Å². The fourth-order valence-corrected chi connectivity index (χ4v) is 1.37. The molecule has 0 radical (unpaired) electrons. The number of ether oxygens (including phenoxy) is 2. The van der Waals surface area contributed by atoms with E-state index >= 15 is 0 Å². The number of aliphatic carboxylic acids is 1. The van der Waals surface area contributed by atoms with Crippen LogP contribution in [0.15, 0.2) is 6.20 Å². The molecule has 0 bridgehead atoms. The number of aromatic nitrogens is 3. The minimum Gasteiger partial charge on any atom is -0.481 e. The summed E-state index contributed by atoms with van der Waals surface area (Å²) in [5.41, 5.74) is 0.706. The van der Waals surface area contributed by atoms with Crippen molar-refractivity contribution in [2.24, 2.45) is 0 Å². The maximum Gasteiger partial charge on any atom is 0.303 e. The Labute approximate surface area is 106 Å². The van der Waals surface area contributed by atoms with Crippen molar-refractivity contribution in [3.63, 3.8) is 0 Å². The first-order chi connectivity index (χ1) is 8.72. The highest BCUT2D eigenvalue weighted by molar-refractivity contribution is 5.66. The van der Waals surface area contributed by atoms with Crippen molar-refractivity contribution in [3.8, 4) is 0 Å². The quantitative estimate of drug-likeness (QED) is 0.609. The third kappa shape index (κ3) is 6.31. The van der Waals surface area contributed by atoms with Gasteiger partial charge in [0.15, 0.2) is 0 Å². The molecule has 0 fully saturated rings. The molecule has 0 saturated carbocycles. The maximum absolute atomic E-state index is 10.4. The molecule has 0 aliphatic carbocycles. The lowest BCUT2D eigenvalue weighted by atomic mass is 10.2. The van der Waals surface area contributed by atoms with Gasteiger partial charge in [-0.1, -0.05) is 5.21 Å². The van der Waals surface area contributed by atoms with Crippen LogP contribution in [0.3, 0.4) is 0 Å². The van der Waals surface area contributed by atoms with Crippen LogP contribution in [0, 0.1) is 0 Å². The molecule has 0 unspecified atom stereocenters. The molecule has 7 heteroatoms. The van der Waals surface area contributed by atoms with Crippen molar-refractivity contribution in [1.29, 1.82) is 0 Å². The van der Waals surface area contributed by atoms with Crippen LogP contribution in [-0.2, 0) is 27.2 Å². The Morgan fingerprint density at radius 3 is 3.00 bits per heavy atom. The van der Waals surface area contributed by atoms with Crippen LogP contribution in [0.2, 0.25) is 0 Å². The summed E-state index contributed by atoms with van der Waals surface area (Å²) in [6, 6.07) is 0. The summed E-state index contributed by atoms with van der Waals surface area (Å²) in [6.45, 7) is 2.56. The van der Waals surface area contributed by atoms with Crippen LogP contribution in [0.5, 0.6) is 0 Å². The Hall–Kier alpha value is -1.47. The number of carbonyl (C=O) groups is 1. The largest absolute Gasteiger partial charge is 0.481 e. The van der Waals surface area contributed by atoms with Crippen molar-refractivity contribution < 1.29 is 19.4 Å². The first-order valence-corrected chi connectivity index (χ1v) is 5.90. The summed E-state index contributed by atoms with van der Waals surface area (Å²) in [6.07, 6.45) is 3.11. The molecule has 0 atom stereocenters. The van der Waals surface area contributed by atoms with Gasteiger partial charge in [-0.3, -0.25) is 9.48 Å². The second-order valence-electron chi connectivity index (χ2n) is 3.83. The molecule has 0 amide bonds. The molecule has 1 N–H and O–H groups in total. The zero-order valence-corrected chi connectivity index (χ0v) is 10.5. The molecule has 1 aromatic heterocycles. The number of hydrogen-bond donors (Lipinski definition) is 1. The number of rotatable bonds is 10. The molecule has 18 heavy (non-hydrogen) atoms. The van der Waals surface area contributed by atoms with Gasteiger partial charge in [0.05, 0.1) is 25.3 Å². The second kappa shape index (κ2) is 8.60. The molecule has 102 valence electrons. The predicted molar refractivity (Wildman–Crippen MR) is 63.3 cm³/mol. The monoisotopic (exact) mass is 257 g/mol. The molecule has 1 heterocycles. The molecule has 0 aliphatic heterocycles. The van der Waals surface area contributed by atoms with Gasteiger partial charge in [-0.2, -0.15) is 0 Å². The van der Waals surface area contributed by atoms with Gasteiger partial charge in [-0.05, 0) is 6.42 Å². The molecule has 0 saturated heterocycles. The zero-order valence-electron chi connectivity index (χ0n) is 10.5. The first-order valence-electron chi connectivity index (χ1n) is 5.90. The van der Waals surface area contributed by atoms with Crippen LogP contribution in [0.4, 0.5) is 0 Å². The molecule has 0 aliphatic rings. The number of carboxylic acids is 1. The van der Waals surface area contributed by atoms with Crippen LogP contribution in [0.1, 0.15) is 18.5 Å². The summed E-state index contributed by atoms with van der Waals surface area (Å²) < 4.78 is 11.9. The minimum atomic E-state index is -0.823. The Kier molecular flexibility index (Phi) is 6.97. The molecular weight excluding hydrogens is 238 g/mol. The normalized spacial score (nSPS) is 10.7. The van der Waals surface area contributed by atoms with Gasteiger partial charge < -0.3 is 14.6 Å². The summed E-state index contributed by atoms with van der Waals surface area (Å²) in [4.78, 5) is 10.4. The zero-order chi connectivity index (χ0) is 13.2. The number of methoxy groups -OCH3 is 1. The molecule has 1 rings (SSSR count). The van der Waals surface area contributed by atoms with E-state index in [9.17, 15) is 4.79 Å². The highest BCUT2D eigenvalue weighted by Crippen LogP contribution is 1.99. The Morgan fingerprint density at radius 2 is 2.28 bits per heavy atom. The average Bonchev–Trinajstić information content (AvgIpc) is 2.79. The lowest BCUT2D eigenvalue weighted by Crippen LogP contribution is -2.06. The number of aryl methyl sites for hydroxylation is 2.